The van der Waals surface area contributed by atoms with Gasteiger partial charge < -0.3 is 9.72 Å². The van der Waals surface area contributed by atoms with Gasteiger partial charge in [0.2, 0.25) is 0 Å². The molecule has 0 aliphatic carbocycles. The number of rotatable bonds is 3. The summed E-state index contributed by atoms with van der Waals surface area (Å²) in [7, 11) is 0. The Hall–Kier alpha value is -2.50. The third-order valence-electron chi connectivity index (χ3n) is 2.95. The van der Waals surface area contributed by atoms with Crippen LogP contribution in [0.15, 0.2) is 48.5 Å². The van der Waals surface area contributed by atoms with Crippen LogP contribution in [0.3, 0.4) is 0 Å². The molecule has 3 rings (SSSR count). The second-order valence-corrected chi connectivity index (χ2v) is 4.57. The number of fused-ring (bicyclic) bond motifs is 1. The molecular formula is C15H11F3N2O. The molecule has 0 bridgehead atoms. The van der Waals surface area contributed by atoms with E-state index in [9.17, 15) is 13.2 Å². The zero-order valence-electron chi connectivity index (χ0n) is 10.8. The number of aromatic amines is 1. The van der Waals surface area contributed by atoms with Gasteiger partial charge in [0.15, 0.2) is 0 Å². The summed E-state index contributed by atoms with van der Waals surface area (Å²) in [5.41, 5.74) is 2.20. The third-order valence-corrected chi connectivity index (χ3v) is 2.95. The van der Waals surface area contributed by atoms with Crippen LogP contribution in [0.4, 0.5) is 13.2 Å². The molecule has 6 heteroatoms. The van der Waals surface area contributed by atoms with E-state index in [2.05, 4.69) is 14.7 Å². The Bertz CT molecular complexity index is 750. The van der Waals surface area contributed by atoms with Crippen molar-refractivity contribution in [3.05, 3.63) is 59.9 Å². The van der Waals surface area contributed by atoms with E-state index < -0.39 is 6.36 Å². The van der Waals surface area contributed by atoms with Crippen molar-refractivity contribution in [3.63, 3.8) is 0 Å². The van der Waals surface area contributed by atoms with Crippen LogP contribution in [-0.2, 0) is 6.42 Å². The number of H-pyrrole nitrogens is 1. The fraction of sp³-hybridized carbons (Fsp3) is 0.133. The summed E-state index contributed by atoms with van der Waals surface area (Å²) in [5, 5.41) is 0. The zero-order valence-corrected chi connectivity index (χ0v) is 10.8. The van der Waals surface area contributed by atoms with Crippen LogP contribution in [-0.4, -0.2) is 16.3 Å². The first kappa shape index (κ1) is 13.5. The first-order valence-corrected chi connectivity index (χ1v) is 6.28. The number of alkyl halides is 3. The molecule has 0 unspecified atom stereocenters. The van der Waals surface area contributed by atoms with Gasteiger partial charge in [0, 0.05) is 12.5 Å². The number of aromatic nitrogens is 2. The van der Waals surface area contributed by atoms with E-state index in [1.807, 2.05) is 30.3 Å². The molecular weight excluding hydrogens is 281 g/mol. The number of ether oxygens (including phenoxy) is 1. The number of nitrogens with zero attached hydrogens (tertiary/aromatic N) is 1. The number of nitrogens with one attached hydrogen (secondary N) is 1. The van der Waals surface area contributed by atoms with E-state index >= 15 is 0 Å². The molecule has 3 nitrogen and oxygen atoms in total. The number of hydrogen-bond donors (Lipinski definition) is 1. The van der Waals surface area contributed by atoms with Gasteiger partial charge in [0.25, 0.3) is 0 Å². The van der Waals surface area contributed by atoms with Gasteiger partial charge in [-0.3, -0.25) is 0 Å². The van der Waals surface area contributed by atoms with Crippen molar-refractivity contribution < 1.29 is 17.9 Å². The van der Waals surface area contributed by atoms with Crippen molar-refractivity contribution in [2.75, 3.05) is 0 Å². The van der Waals surface area contributed by atoms with Crippen LogP contribution in [0.1, 0.15) is 11.4 Å². The van der Waals surface area contributed by atoms with E-state index in [0.29, 0.717) is 23.3 Å². The van der Waals surface area contributed by atoms with Crippen LogP contribution >= 0.6 is 0 Å². The lowest BCUT2D eigenvalue weighted by Crippen LogP contribution is -2.16. The summed E-state index contributed by atoms with van der Waals surface area (Å²) < 4.78 is 40.4. The predicted molar refractivity (Wildman–Crippen MR) is 72.0 cm³/mol. The highest BCUT2D eigenvalue weighted by molar-refractivity contribution is 5.76. The average molecular weight is 292 g/mol. The van der Waals surface area contributed by atoms with Crippen LogP contribution in [0.2, 0.25) is 0 Å². The first-order valence-electron chi connectivity index (χ1n) is 6.28. The average Bonchev–Trinajstić information content (AvgIpc) is 2.79. The topological polar surface area (TPSA) is 37.9 Å². The lowest BCUT2D eigenvalue weighted by Gasteiger charge is -2.07. The van der Waals surface area contributed by atoms with Crippen LogP contribution in [0, 0.1) is 0 Å². The fourth-order valence-corrected chi connectivity index (χ4v) is 2.11. The second-order valence-electron chi connectivity index (χ2n) is 4.57. The molecule has 1 heterocycles. The van der Waals surface area contributed by atoms with Crippen molar-refractivity contribution >= 4 is 11.0 Å². The maximum absolute atomic E-state index is 12.2. The van der Waals surface area contributed by atoms with Gasteiger partial charge >= 0.3 is 6.36 Å². The van der Waals surface area contributed by atoms with E-state index in [1.54, 1.807) is 0 Å². The minimum Gasteiger partial charge on any atom is -0.406 e. The molecule has 1 aromatic heterocycles. The highest BCUT2D eigenvalue weighted by Crippen LogP contribution is 2.25. The van der Waals surface area contributed by atoms with E-state index in [4.69, 9.17) is 0 Å². The largest absolute Gasteiger partial charge is 0.573 e. The molecule has 21 heavy (non-hydrogen) atoms. The van der Waals surface area contributed by atoms with Crippen LogP contribution in [0.25, 0.3) is 11.0 Å². The monoisotopic (exact) mass is 292 g/mol. The summed E-state index contributed by atoms with van der Waals surface area (Å²) in [5.74, 6) is 0.435. The SMILES string of the molecule is FC(F)(F)Oc1ccc2nc(Cc3ccccc3)[nH]c2c1. The molecule has 0 saturated heterocycles. The quantitative estimate of drug-likeness (QED) is 0.790. The molecule has 0 atom stereocenters. The Labute approximate surface area is 118 Å². The fourth-order valence-electron chi connectivity index (χ4n) is 2.11. The minimum atomic E-state index is -4.69. The number of hydrogen-bond acceptors (Lipinski definition) is 2. The summed E-state index contributed by atoms with van der Waals surface area (Å²) in [6.07, 6.45) is -4.11. The number of halogens is 3. The zero-order chi connectivity index (χ0) is 14.9. The maximum atomic E-state index is 12.2. The molecule has 2 aromatic carbocycles. The van der Waals surface area contributed by atoms with Crippen molar-refractivity contribution in [1.29, 1.82) is 0 Å². The second kappa shape index (κ2) is 5.12. The normalized spacial score (nSPS) is 11.8. The van der Waals surface area contributed by atoms with Gasteiger partial charge in [-0.05, 0) is 17.7 Å². The lowest BCUT2D eigenvalue weighted by atomic mass is 10.1. The van der Waals surface area contributed by atoms with Crippen LogP contribution < -0.4 is 4.74 Å². The molecule has 3 aromatic rings. The summed E-state index contributed by atoms with van der Waals surface area (Å²) in [4.78, 5) is 7.36. The number of imidazole rings is 1. The lowest BCUT2D eigenvalue weighted by molar-refractivity contribution is -0.274. The summed E-state index contributed by atoms with van der Waals surface area (Å²) in [6.45, 7) is 0. The molecule has 0 radical (unpaired) electrons. The Balaban J connectivity index is 1.86. The van der Waals surface area contributed by atoms with Gasteiger partial charge in [-0.25, -0.2) is 4.98 Å². The Kier molecular flexibility index (Phi) is 3.29. The predicted octanol–water partition coefficient (Wildman–Crippen LogP) is 4.05. The summed E-state index contributed by atoms with van der Waals surface area (Å²) >= 11 is 0. The van der Waals surface area contributed by atoms with Crippen molar-refractivity contribution in [3.8, 4) is 5.75 Å². The molecule has 0 aliphatic heterocycles. The van der Waals surface area contributed by atoms with Gasteiger partial charge in [-0.2, -0.15) is 0 Å². The summed E-state index contributed by atoms with van der Waals surface area (Å²) in [6, 6.07) is 13.7. The van der Waals surface area contributed by atoms with Gasteiger partial charge in [-0.15, -0.1) is 13.2 Å². The highest BCUT2D eigenvalue weighted by Gasteiger charge is 2.31. The van der Waals surface area contributed by atoms with Crippen molar-refractivity contribution in [1.82, 2.24) is 9.97 Å². The maximum Gasteiger partial charge on any atom is 0.573 e. The molecule has 1 N–H and O–H groups in total. The molecule has 0 amide bonds. The molecule has 0 spiro atoms. The van der Waals surface area contributed by atoms with Crippen molar-refractivity contribution in [2.45, 2.75) is 12.8 Å². The molecule has 108 valence electrons. The number of benzene rings is 2. The van der Waals surface area contributed by atoms with E-state index in [1.165, 1.54) is 18.2 Å². The van der Waals surface area contributed by atoms with Gasteiger partial charge in [0.05, 0.1) is 11.0 Å². The Morgan fingerprint density at radius 3 is 2.52 bits per heavy atom. The van der Waals surface area contributed by atoms with Crippen molar-refractivity contribution in [2.24, 2.45) is 0 Å². The Morgan fingerprint density at radius 2 is 1.81 bits per heavy atom. The molecule has 0 fully saturated rings. The first-order chi connectivity index (χ1) is 9.99. The minimum absolute atomic E-state index is 0.259. The highest BCUT2D eigenvalue weighted by atomic mass is 19.4. The molecule has 0 aliphatic rings. The molecule has 0 saturated carbocycles. The standard InChI is InChI=1S/C15H11F3N2O/c16-15(17,18)21-11-6-7-12-13(9-11)20-14(19-12)8-10-4-2-1-3-5-10/h1-7,9H,8H2,(H,19,20). The van der Waals surface area contributed by atoms with Gasteiger partial charge in [-0.1, -0.05) is 30.3 Å². The smallest absolute Gasteiger partial charge is 0.406 e. The van der Waals surface area contributed by atoms with E-state index in [-0.39, 0.29) is 5.75 Å². The Morgan fingerprint density at radius 1 is 1.05 bits per heavy atom. The third kappa shape index (κ3) is 3.34. The van der Waals surface area contributed by atoms with Crippen LogP contribution in [0.5, 0.6) is 5.75 Å². The van der Waals surface area contributed by atoms with Gasteiger partial charge in [0.1, 0.15) is 11.6 Å². The van der Waals surface area contributed by atoms with E-state index in [0.717, 1.165) is 5.56 Å².